The van der Waals surface area contributed by atoms with E-state index in [4.69, 9.17) is 4.98 Å². The molecule has 3 aromatic rings. The Bertz CT molecular complexity index is 1180. The summed E-state index contributed by atoms with van der Waals surface area (Å²) in [5, 5.41) is 5.75. The van der Waals surface area contributed by atoms with Crippen molar-refractivity contribution in [1.82, 2.24) is 9.97 Å². The second kappa shape index (κ2) is 11.1. The Kier molecular flexibility index (Phi) is 7.75. The number of hydrogen-bond acceptors (Lipinski definition) is 5. The number of benzene rings is 1. The first-order valence-electron chi connectivity index (χ1n) is 12.2. The van der Waals surface area contributed by atoms with Crippen LogP contribution in [0.4, 0.5) is 17.3 Å². The predicted octanol–water partition coefficient (Wildman–Crippen LogP) is 5.02. The summed E-state index contributed by atoms with van der Waals surface area (Å²) in [5.41, 5.74) is 4.34. The van der Waals surface area contributed by atoms with Crippen LogP contribution in [0, 0.1) is 12.8 Å². The molecule has 7 heteroatoms. The number of aryl methyl sites for hydroxylation is 3. The van der Waals surface area contributed by atoms with E-state index in [1.54, 1.807) is 6.07 Å². The lowest BCUT2D eigenvalue weighted by Gasteiger charge is -2.32. The highest BCUT2D eigenvalue weighted by Crippen LogP contribution is 2.26. The number of aromatic nitrogens is 2. The van der Waals surface area contributed by atoms with Crippen molar-refractivity contribution in [2.24, 2.45) is 5.92 Å². The molecule has 1 aliphatic heterocycles. The first kappa shape index (κ1) is 24.4. The molecule has 2 amide bonds. The van der Waals surface area contributed by atoms with E-state index in [-0.39, 0.29) is 11.8 Å². The zero-order valence-electron chi connectivity index (χ0n) is 20.7. The van der Waals surface area contributed by atoms with Crippen LogP contribution in [0.2, 0.25) is 0 Å². The number of hydrogen-bond donors (Lipinski definition) is 2. The molecule has 3 heterocycles. The van der Waals surface area contributed by atoms with Crippen molar-refractivity contribution in [1.29, 1.82) is 0 Å². The maximum Gasteiger partial charge on any atom is 0.259 e. The third kappa shape index (κ3) is 6.66. The van der Waals surface area contributed by atoms with Gasteiger partial charge >= 0.3 is 0 Å². The summed E-state index contributed by atoms with van der Waals surface area (Å²) < 4.78 is 0. The molecule has 1 saturated heterocycles. The third-order valence-electron chi connectivity index (χ3n) is 6.33. The summed E-state index contributed by atoms with van der Waals surface area (Å²) in [6, 6.07) is 17.3. The van der Waals surface area contributed by atoms with E-state index in [9.17, 15) is 9.59 Å². The molecule has 1 aromatic carbocycles. The third-order valence-corrected chi connectivity index (χ3v) is 6.33. The molecule has 7 nitrogen and oxygen atoms in total. The fourth-order valence-electron chi connectivity index (χ4n) is 4.28. The smallest absolute Gasteiger partial charge is 0.259 e. The van der Waals surface area contributed by atoms with Crippen LogP contribution in [-0.4, -0.2) is 34.9 Å². The van der Waals surface area contributed by atoms with Crippen molar-refractivity contribution >= 4 is 29.1 Å². The van der Waals surface area contributed by atoms with E-state index >= 15 is 0 Å². The van der Waals surface area contributed by atoms with Crippen molar-refractivity contribution in [3.63, 3.8) is 0 Å². The lowest BCUT2D eigenvalue weighted by Crippen LogP contribution is -2.35. The van der Waals surface area contributed by atoms with Crippen LogP contribution < -0.4 is 15.5 Å². The lowest BCUT2D eigenvalue weighted by atomic mass is 9.99. The molecule has 2 aromatic heterocycles. The summed E-state index contributed by atoms with van der Waals surface area (Å²) in [6.45, 7) is 7.56. The van der Waals surface area contributed by atoms with Gasteiger partial charge in [0.15, 0.2) is 0 Å². The van der Waals surface area contributed by atoms with Gasteiger partial charge < -0.3 is 15.5 Å². The largest absolute Gasteiger partial charge is 0.356 e. The average molecular weight is 472 g/mol. The summed E-state index contributed by atoms with van der Waals surface area (Å²) in [5.74, 6) is 1.78. The van der Waals surface area contributed by atoms with Gasteiger partial charge in [-0.05, 0) is 80.5 Å². The Balaban J connectivity index is 1.38. The number of carbonyl (C=O) groups excluding carboxylic acids is 2. The van der Waals surface area contributed by atoms with Gasteiger partial charge in [-0.2, -0.15) is 0 Å². The lowest BCUT2D eigenvalue weighted by molar-refractivity contribution is -0.114. The Labute approximate surface area is 207 Å². The molecule has 0 atom stereocenters. The van der Waals surface area contributed by atoms with Crippen LogP contribution in [0.5, 0.6) is 0 Å². The molecule has 0 saturated carbocycles. The van der Waals surface area contributed by atoms with Gasteiger partial charge in [0.2, 0.25) is 5.91 Å². The average Bonchev–Trinajstić information content (AvgIpc) is 2.84. The number of anilines is 3. The van der Waals surface area contributed by atoms with E-state index in [1.807, 2.05) is 55.5 Å². The molecule has 1 fully saturated rings. The van der Waals surface area contributed by atoms with E-state index in [0.29, 0.717) is 17.3 Å². The maximum atomic E-state index is 13.1. The van der Waals surface area contributed by atoms with Crippen LogP contribution in [0.1, 0.15) is 54.0 Å². The number of piperidine rings is 1. The fourth-order valence-corrected chi connectivity index (χ4v) is 4.28. The molecule has 4 rings (SSSR count). The Hall–Kier alpha value is -3.74. The molecular formula is C28H33N5O2. The van der Waals surface area contributed by atoms with Crippen LogP contribution in [-0.2, 0) is 17.6 Å². The van der Waals surface area contributed by atoms with E-state index in [0.717, 1.165) is 67.2 Å². The fraction of sp³-hybridized carbons (Fsp3) is 0.357. The Morgan fingerprint density at radius 2 is 1.69 bits per heavy atom. The van der Waals surface area contributed by atoms with E-state index in [2.05, 4.69) is 27.4 Å². The zero-order valence-corrected chi connectivity index (χ0v) is 20.7. The van der Waals surface area contributed by atoms with Crippen molar-refractivity contribution in [2.75, 3.05) is 28.6 Å². The monoisotopic (exact) mass is 471 g/mol. The maximum absolute atomic E-state index is 13.1. The van der Waals surface area contributed by atoms with Crippen LogP contribution in [0.15, 0.2) is 54.6 Å². The van der Waals surface area contributed by atoms with Crippen LogP contribution in [0.25, 0.3) is 0 Å². The van der Waals surface area contributed by atoms with Gasteiger partial charge in [-0.3, -0.25) is 9.59 Å². The Morgan fingerprint density at radius 3 is 2.40 bits per heavy atom. The first-order valence-corrected chi connectivity index (χ1v) is 12.2. The normalized spacial score (nSPS) is 14.0. The van der Waals surface area contributed by atoms with Crippen molar-refractivity contribution in [3.05, 3.63) is 77.1 Å². The second-order valence-corrected chi connectivity index (χ2v) is 9.34. The van der Waals surface area contributed by atoms with Gasteiger partial charge in [-0.15, -0.1) is 0 Å². The van der Waals surface area contributed by atoms with Crippen LogP contribution >= 0.6 is 0 Å². The highest BCUT2D eigenvalue weighted by molar-refractivity contribution is 6.07. The van der Waals surface area contributed by atoms with Crippen molar-refractivity contribution < 1.29 is 9.59 Å². The number of carbonyl (C=O) groups is 2. The minimum absolute atomic E-state index is 0.133. The summed E-state index contributed by atoms with van der Waals surface area (Å²) in [4.78, 5) is 35.8. The van der Waals surface area contributed by atoms with E-state index < -0.39 is 0 Å². The van der Waals surface area contributed by atoms with Crippen LogP contribution in [0.3, 0.4) is 0 Å². The summed E-state index contributed by atoms with van der Waals surface area (Å²) >= 11 is 0. The van der Waals surface area contributed by atoms with Gasteiger partial charge in [0, 0.05) is 37.1 Å². The standard InChI is InChI=1S/C28H33N5O2/c1-19-15-17-33(18-16-19)27-25(14-7-20(2)29-27)28(35)32-24-12-9-22(10-13-24)8-11-23-5-4-6-26(31-23)30-21(3)34/h4-7,9-10,12-14,19H,8,11,15-18H2,1-3H3,(H,32,35)(H,30,31,34). The van der Waals surface area contributed by atoms with Gasteiger partial charge in [0.1, 0.15) is 11.6 Å². The molecule has 35 heavy (non-hydrogen) atoms. The zero-order chi connectivity index (χ0) is 24.8. The quantitative estimate of drug-likeness (QED) is 0.505. The van der Waals surface area contributed by atoms with Gasteiger partial charge in [0.05, 0.1) is 5.56 Å². The minimum Gasteiger partial charge on any atom is -0.356 e. The number of rotatable bonds is 7. The second-order valence-electron chi connectivity index (χ2n) is 9.34. The molecule has 182 valence electrons. The van der Waals surface area contributed by atoms with Crippen molar-refractivity contribution in [3.8, 4) is 0 Å². The van der Waals surface area contributed by atoms with Gasteiger partial charge in [0.25, 0.3) is 5.91 Å². The minimum atomic E-state index is -0.141. The molecule has 2 N–H and O–H groups in total. The SMILES string of the molecule is CC(=O)Nc1cccc(CCc2ccc(NC(=O)c3ccc(C)nc3N3CCC(C)CC3)cc2)n1. The predicted molar refractivity (Wildman–Crippen MR) is 140 cm³/mol. The topological polar surface area (TPSA) is 87.2 Å². The molecule has 1 aliphatic rings. The van der Waals surface area contributed by atoms with Gasteiger partial charge in [-0.25, -0.2) is 9.97 Å². The summed E-state index contributed by atoms with van der Waals surface area (Å²) in [6.07, 6.45) is 3.80. The highest BCUT2D eigenvalue weighted by Gasteiger charge is 2.22. The molecule has 0 spiro atoms. The molecule has 0 aliphatic carbocycles. The number of nitrogens with one attached hydrogen (secondary N) is 2. The first-order chi connectivity index (χ1) is 16.9. The van der Waals surface area contributed by atoms with E-state index in [1.165, 1.54) is 6.92 Å². The molecule has 0 radical (unpaired) electrons. The molecule has 0 bridgehead atoms. The van der Waals surface area contributed by atoms with Crippen molar-refractivity contribution in [2.45, 2.75) is 46.5 Å². The molecule has 0 unspecified atom stereocenters. The van der Waals surface area contributed by atoms with Gasteiger partial charge in [-0.1, -0.05) is 25.1 Å². The Morgan fingerprint density at radius 1 is 0.943 bits per heavy atom. The molecular weight excluding hydrogens is 438 g/mol. The highest BCUT2D eigenvalue weighted by atomic mass is 16.2. The summed E-state index contributed by atoms with van der Waals surface area (Å²) in [7, 11) is 0. The number of nitrogens with zero attached hydrogens (tertiary/aromatic N) is 3. The number of pyridine rings is 2. The number of amides is 2.